The van der Waals surface area contributed by atoms with E-state index < -0.39 is 25.7 Å². The van der Waals surface area contributed by atoms with Crippen LogP contribution in [0.5, 0.6) is 5.88 Å². The molecule has 0 radical (unpaired) electrons. The van der Waals surface area contributed by atoms with Crippen LogP contribution in [0.4, 0.5) is 0 Å². The molecular weight excluding hydrogens is 440 g/mol. The first-order valence-electron chi connectivity index (χ1n) is 9.60. The number of hydrogen-bond donors (Lipinski definition) is 0. The van der Waals surface area contributed by atoms with Crippen molar-refractivity contribution < 1.29 is 25.8 Å². The molecule has 0 spiro atoms. The first-order valence-corrected chi connectivity index (χ1v) is 13.1. The van der Waals surface area contributed by atoms with Gasteiger partial charge in [-0.25, -0.2) is 13.1 Å². The summed E-state index contributed by atoms with van der Waals surface area (Å²) in [5, 5.41) is 4.15. The highest BCUT2D eigenvalue weighted by molar-refractivity contribution is 7.90. The number of rotatable bonds is 7. The number of benzene rings is 1. The van der Waals surface area contributed by atoms with Crippen molar-refractivity contribution in [2.75, 3.05) is 12.0 Å². The normalized spacial score (nSPS) is 12.0. The third kappa shape index (κ3) is 4.90. The minimum Gasteiger partial charge on any atom is -0.361 e. The van der Waals surface area contributed by atoms with Gasteiger partial charge in [0.05, 0.1) is 16.3 Å². The van der Waals surface area contributed by atoms with E-state index in [-0.39, 0.29) is 27.7 Å². The molecular formula is C21H28N2O6S2. The highest BCUT2D eigenvalue weighted by Gasteiger charge is 2.29. The van der Waals surface area contributed by atoms with Gasteiger partial charge in [-0.15, -0.1) is 0 Å². The zero-order valence-electron chi connectivity index (χ0n) is 19.0. The van der Waals surface area contributed by atoms with Crippen LogP contribution in [0.3, 0.4) is 0 Å². The molecule has 2 aromatic rings. The summed E-state index contributed by atoms with van der Waals surface area (Å²) in [4.78, 5) is 13.6. The maximum absolute atomic E-state index is 13.5. The van der Waals surface area contributed by atoms with Crippen LogP contribution in [-0.2, 0) is 27.0 Å². The Morgan fingerprint density at radius 1 is 1.06 bits per heavy atom. The maximum Gasteiger partial charge on any atom is 0.310 e. The number of carbonyl (C=O) groups excluding carboxylic acids is 1. The number of aromatic nitrogens is 2. The number of carbonyl (C=O) groups is 1. The minimum atomic E-state index is -3.89. The molecule has 0 atom stereocenters. The fraction of sp³-hybridized carbons (Fsp3) is 0.429. The lowest BCUT2D eigenvalue weighted by Gasteiger charge is -2.17. The Hall–Kier alpha value is -2.46. The lowest BCUT2D eigenvalue weighted by molar-refractivity contribution is 0.103. The zero-order valence-corrected chi connectivity index (χ0v) is 20.7. The third-order valence-corrected chi connectivity index (χ3v) is 7.41. The minimum absolute atomic E-state index is 0.0236. The molecule has 0 aliphatic rings. The van der Waals surface area contributed by atoms with Crippen LogP contribution in [0, 0.1) is 13.8 Å². The number of nitrogens with zero attached hydrogens (tertiary/aromatic N) is 2. The molecule has 31 heavy (non-hydrogen) atoms. The predicted octanol–water partition coefficient (Wildman–Crippen LogP) is 3.21. The quantitative estimate of drug-likeness (QED) is 0.453. The molecule has 0 amide bonds. The second-order valence-corrected chi connectivity index (χ2v) is 11.5. The van der Waals surface area contributed by atoms with Crippen LogP contribution in [0.2, 0.25) is 0 Å². The van der Waals surface area contributed by atoms with Crippen molar-refractivity contribution in [3.05, 3.63) is 45.7 Å². The Bertz CT molecular complexity index is 1300. The summed E-state index contributed by atoms with van der Waals surface area (Å²) in [7, 11) is -5.95. The number of sulfone groups is 1. The summed E-state index contributed by atoms with van der Waals surface area (Å²) >= 11 is 0. The van der Waals surface area contributed by atoms with Crippen molar-refractivity contribution in [3.63, 3.8) is 0 Å². The van der Waals surface area contributed by atoms with Crippen LogP contribution in [0.15, 0.2) is 22.6 Å². The largest absolute Gasteiger partial charge is 0.361 e. The molecule has 0 bridgehead atoms. The summed E-state index contributed by atoms with van der Waals surface area (Å²) < 4.78 is 55.2. The number of aryl methyl sites for hydroxylation is 2. The fourth-order valence-corrected chi connectivity index (χ4v) is 4.81. The van der Waals surface area contributed by atoms with Crippen molar-refractivity contribution in [2.45, 2.75) is 46.4 Å². The average Bonchev–Trinajstić information content (AvgIpc) is 2.92. The van der Waals surface area contributed by atoms with Crippen LogP contribution in [0.1, 0.15) is 60.4 Å². The Morgan fingerprint density at radius 3 is 2.13 bits per heavy atom. The molecule has 0 aliphatic carbocycles. The molecule has 0 aliphatic heterocycles. The summed E-state index contributed by atoms with van der Waals surface area (Å²) in [5.74, 6) is -0.930. The molecule has 0 saturated heterocycles. The van der Waals surface area contributed by atoms with Gasteiger partial charge in [-0.3, -0.25) is 4.79 Å². The summed E-state index contributed by atoms with van der Waals surface area (Å²) in [6.45, 7) is 10.2. The molecule has 0 fully saturated rings. The molecule has 2 rings (SSSR count). The monoisotopic (exact) mass is 468 g/mol. The molecule has 1 aromatic carbocycles. The molecule has 1 aromatic heterocycles. The number of hydrogen-bond acceptors (Lipinski definition) is 7. The van der Waals surface area contributed by atoms with Crippen LogP contribution in [0.25, 0.3) is 5.57 Å². The second-order valence-electron chi connectivity index (χ2n) is 7.66. The lowest BCUT2D eigenvalue weighted by Crippen LogP contribution is -2.16. The Morgan fingerprint density at radius 2 is 1.65 bits per heavy atom. The van der Waals surface area contributed by atoms with E-state index in [1.165, 1.54) is 30.8 Å². The standard InChI is InChI=1S/C21H28N2O6S2/c1-9-31(27,28)29-21-19(15(6)22-23(21)7)20(24)16-10-11-17(30(8,25)26)18(14(16)5)13(4)12(2)3/h10-11H,9H2,1-8H3. The maximum atomic E-state index is 13.5. The van der Waals surface area contributed by atoms with Gasteiger partial charge in [-0.2, -0.15) is 13.5 Å². The molecule has 170 valence electrons. The summed E-state index contributed by atoms with van der Waals surface area (Å²) in [6.07, 6.45) is 1.12. The first-order chi connectivity index (χ1) is 14.1. The van der Waals surface area contributed by atoms with E-state index >= 15 is 0 Å². The topological polar surface area (TPSA) is 112 Å². The predicted molar refractivity (Wildman–Crippen MR) is 120 cm³/mol. The smallest absolute Gasteiger partial charge is 0.310 e. The number of ketones is 1. The van der Waals surface area contributed by atoms with E-state index in [9.17, 15) is 21.6 Å². The highest BCUT2D eigenvalue weighted by atomic mass is 32.2. The van der Waals surface area contributed by atoms with Crippen LogP contribution < -0.4 is 4.18 Å². The lowest BCUT2D eigenvalue weighted by atomic mass is 9.91. The Labute approximate surface area is 184 Å². The molecule has 1 heterocycles. The van der Waals surface area contributed by atoms with Gasteiger partial charge < -0.3 is 4.18 Å². The van der Waals surface area contributed by atoms with Crippen LogP contribution in [-0.4, -0.2) is 44.4 Å². The van der Waals surface area contributed by atoms with Crippen molar-refractivity contribution in [1.82, 2.24) is 9.78 Å². The van der Waals surface area contributed by atoms with E-state index in [4.69, 9.17) is 4.18 Å². The fourth-order valence-electron chi connectivity index (χ4n) is 3.27. The Balaban J connectivity index is 2.82. The van der Waals surface area contributed by atoms with Crippen molar-refractivity contribution in [1.29, 1.82) is 0 Å². The first kappa shape index (κ1) is 24.8. The van der Waals surface area contributed by atoms with Gasteiger partial charge in [0, 0.05) is 18.9 Å². The number of allylic oxidation sites excluding steroid dienone is 2. The average molecular weight is 469 g/mol. The van der Waals surface area contributed by atoms with Gasteiger partial charge in [-0.1, -0.05) is 5.57 Å². The van der Waals surface area contributed by atoms with E-state index in [1.54, 1.807) is 20.8 Å². The van der Waals surface area contributed by atoms with Crippen molar-refractivity contribution in [2.24, 2.45) is 7.05 Å². The van der Waals surface area contributed by atoms with E-state index in [0.717, 1.165) is 17.4 Å². The van der Waals surface area contributed by atoms with Gasteiger partial charge in [-0.05, 0) is 70.4 Å². The third-order valence-electron chi connectivity index (χ3n) is 5.15. The van der Waals surface area contributed by atoms with Gasteiger partial charge in [0.25, 0.3) is 0 Å². The molecule has 0 saturated carbocycles. The van der Waals surface area contributed by atoms with Gasteiger partial charge in [0.15, 0.2) is 9.84 Å². The molecule has 0 N–H and O–H groups in total. The molecule has 0 unspecified atom stereocenters. The SMILES string of the molecule is CCS(=O)(=O)Oc1c(C(=O)c2ccc(S(C)(=O)=O)c(C(C)=C(C)C)c2C)c(C)nn1C. The highest BCUT2D eigenvalue weighted by Crippen LogP contribution is 2.34. The summed E-state index contributed by atoms with van der Waals surface area (Å²) in [5.41, 5.74) is 3.20. The van der Waals surface area contributed by atoms with E-state index in [1.807, 2.05) is 13.8 Å². The molecule has 8 nitrogen and oxygen atoms in total. The molecule has 10 heteroatoms. The van der Waals surface area contributed by atoms with Crippen LogP contribution >= 0.6 is 0 Å². The van der Waals surface area contributed by atoms with E-state index in [0.29, 0.717) is 16.8 Å². The zero-order chi connectivity index (χ0) is 23.9. The Kier molecular flexibility index (Phi) is 6.87. The van der Waals surface area contributed by atoms with E-state index in [2.05, 4.69) is 5.10 Å². The second kappa shape index (κ2) is 8.58. The van der Waals surface area contributed by atoms with Gasteiger partial charge in [0.1, 0.15) is 5.56 Å². The van der Waals surface area contributed by atoms with Gasteiger partial charge in [0.2, 0.25) is 11.7 Å². The van der Waals surface area contributed by atoms with Crippen molar-refractivity contribution >= 4 is 31.3 Å². The van der Waals surface area contributed by atoms with Crippen molar-refractivity contribution in [3.8, 4) is 5.88 Å². The summed E-state index contributed by atoms with van der Waals surface area (Å²) in [6, 6.07) is 2.85. The van der Waals surface area contributed by atoms with Gasteiger partial charge >= 0.3 is 10.1 Å².